The normalized spacial score (nSPS) is 36.7. The molecule has 0 radical (unpaired) electrons. The molecular weight excluding hydrogens is 391 g/mol. The Morgan fingerprint density at radius 1 is 1.67 bits per heavy atom. The molecule has 6 atom stereocenters. The number of alkyl halides is 1. The third kappa shape index (κ3) is 4.98. The maximum atomic E-state index is 15.6. The number of aliphatic hydroxyl groups is 1. The lowest BCUT2D eigenvalue weighted by Crippen LogP contribution is -2.45. The lowest BCUT2D eigenvalue weighted by molar-refractivity contribution is -0.138. The number of hydrogen-bond donors (Lipinski definition) is 5. The van der Waals surface area contributed by atoms with E-state index in [0.717, 1.165) is 13.0 Å². The number of rotatable bonds is 7. The summed E-state index contributed by atoms with van der Waals surface area (Å²) < 4.78 is 59.8. The van der Waals surface area contributed by atoms with Crippen LogP contribution >= 0.6 is 7.75 Å². The number of amides is 2. The molecule has 0 aromatic carbocycles. The number of imide groups is 1. The van der Waals surface area contributed by atoms with Gasteiger partial charge in [0.2, 0.25) is 5.91 Å². The van der Waals surface area contributed by atoms with Crippen LogP contribution in [0.4, 0.5) is 4.39 Å². The molecule has 13 heteroatoms. The van der Waals surface area contributed by atoms with Gasteiger partial charge in [-0.05, 0) is 19.3 Å². The van der Waals surface area contributed by atoms with Gasteiger partial charge in [0.1, 0.15) is 24.4 Å². The molecular formula is C14H20FN2O9P. The standard InChI is InChI=1S/C14H20FN2O9P/c1-6(13(21)22)17-27(23,24)25-5-8-11(20)14(2,15)12(26-8)7-3-9(18)16-10(19)4-7/h3,6,8,11-12,20H,4-5H2,1-2H3,(H,21,22)(H,16,18,19)(H2,17,23,24)/t6-,8+,11+,12-,14+/m0/s1/i2+1D3. The van der Waals surface area contributed by atoms with Crippen molar-refractivity contribution in [2.24, 2.45) is 0 Å². The molecule has 2 heterocycles. The summed E-state index contributed by atoms with van der Waals surface area (Å²) in [5.74, 6) is -3.24. The third-order valence-electron chi connectivity index (χ3n) is 3.90. The molecule has 27 heavy (non-hydrogen) atoms. The van der Waals surface area contributed by atoms with E-state index in [-0.39, 0.29) is 5.57 Å². The minimum Gasteiger partial charge on any atom is -0.480 e. The Kier molecular flexibility index (Phi) is 4.99. The molecule has 1 fully saturated rings. The van der Waals surface area contributed by atoms with Crippen LogP contribution in [-0.4, -0.2) is 69.5 Å². The van der Waals surface area contributed by atoms with Crippen molar-refractivity contribution in [2.75, 3.05) is 6.61 Å². The fourth-order valence-electron chi connectivity index (χ4n) is 2.56. The van der Waals surface area contributed by atoms with Crippen LogP contribution in [0.5, 0.6) is 0 Å². The Morgan fingerprint density at radius 3 is 2.89 bits per heavy atom. The van der Waals surface area contributed by atoms with E-state index >= 15 is 4.39 Å². The Balaban J connectivity index is 2.25. The summed E-state index contributed by atoms with van der Waals surface area (Å²) in [7, 11) is -4.75. The monoisotopic (exact) mass is 414 g/mol. The van der Waals surface area contributed by atoms with Crippen molar-refractivity contribution >= 4 is 25.5 Å². The van der Waals surface area contributed by atoms with Gasteiger partial charge in [-0.3, -0.25) is 24.2 Å². The van der Waals surface area contributed by atoms with E-state index in [1.165, 1.54) is 0 Å². The van der Waals surface area contributed by atoms with Crippen LogP contribution in [0, 0.1) is 0 Å². The number of aliphatic carboxylic acids is 1. The van der Waals surface area contributed by atoms with Crippen LogP contribution in [0.2, 0.25) is 0 Å². The van der Waals surface area contributed by atoms with Crippen molar-refractivity contribution in [2.45, 2.75) is 50.2 Å². The van der Waals surface area contributed by atoms with Gasteiger partial charge in [-0.2, -0.15) is 0 Å². The summed E-state index contributed by atoms with van der Waals surface area (Å²) in [5.41, 5.74) is -3.81. The first kappa shape index (κ1) is 17.4. The molecule has 2 amide bonds. The summed E-state index contributed by atoms with van der Waals surface area (Å²) in [6.45, 7) is -3.42. The maximum absolute atomic E-state index is 15.6. The highest BCUT2D eigenvalue weighted by molar-refractivity contribution is 7.50. The SMILES string of the molecule is [2H][13C]([2H])([2H])[C@@]1(F)[C@H](O)[C@@H](COP(=O)(O)N[C@@H](C)C(=O)O)O[C@H]1C1=CC(=O)NC(=O)C1. The second-order valence-corrected chi connectivity index (χ2v) is 7.64. The number of carbonyl (C=O) groups excluding carboxylic acids is 2. The second-order valence-electron chi connectivity index (χ2n) is 6.08. The van der Waals surface area contributed by atoms with Gasteiger partial charge in [0.15, 0.2) is 5.67 Å². The summed E-state index contributed by atoms with van der Waals surface area (Å²) >= 11 is 0. The van der Waals surface area contributed by atoms with Gasteiger partial charge in [0, 0.05) is 10.2 Å². The topological polar surface area (TPSA) is 171 Å². The van der Waals surface area contributed by atoms with E-state index in [1.54, 1.807) is 5.09 Å². The van der Waals surface area contributed by atoms with Crippen molar-refractivity contribution in [3.63, 3.8) is 0 Å². The van der Waals surface area contributed by atoms with Crippen LogP contribution in [0.1, 0.15) is 24.3 Å². The molecule has 0 aromatic heterocycles. The Bertz CT molecular complexity index is 823. The Hall–Kier alpha value is -1.69. The number of halogens is 1. The molecule has 2 rings (SSSR count). The van der Waals surface area contributed by atoms with E-state index in [4.69, 9.17) is 14.0 Å². The van der Waals surface area contributed by atoms with Crippen LogP contribution < -0.4 is 10.4 Å². The number of carboxylic acid groups (broad SMARTS) is 1. The first-order valence-electron chi connectivity index (χ1n) is 9.13. The van der Waals surface area contributed by atoms with E-state index < -0.39 is 75.4 Å². The van der Waals surface area contributed by atoms with E-state index in [1.807, 2.05) is 5.32 Å². The lowest BCUT2D eigenvalue weighted by atomic mass is 9.91. The summed E-state index contributed by atoms with van der Waals surface area (Å²) in [6, 6.07) is -1.50. The minimum absolute atomic E-state index is 0.339. The third-order valence-corrected chi connectivity index (χ3v) is 5.11. The van der Waals surface area contributed by atoms with Gasteiger partial charge < -0.3 is 19.8 Å². The highest BCUT2D eigenvalue weighted by Crippen LogP contribution is 2.43. The predicted molar refractivity (Wildman–Crippen MR) is 86.0 cm³/mol. The number of carboxylic acids is 1. The van der Waals surface area contributed by atoms with Crippen molar-refractivity contribution < 1.29 is 51.8 Å². The quantitative estimate of drug-likeness (QED) is 0.198. The van der Waals surface area contributed by atoms with Gasteiger partial charge >= 0.3 is 13.7 Å². The van der Waals surface area contributed by atoms with Crippen LogP contribution in [0.3, 0.4) is 0 Å². The number of aliphatic hydroxyl groups excluding tert-OH is 1. The molecule has 5 N–H and O–H groups in total. The van der Waals surface area contributed by atoms with Crippen LogP contribution in [-0.2, 0) is 28.2 Å². The Morgan fingerprint density at radius 2 is 2.33 bits per heavy atom. The molecule has 0 bridgehead atoms. The van der Waals surface area contributed by atoms with Gasteiger partial charge in [-0.15, -0.1) is 0 Å². The number of nitrogens with one attached hydrogen (secondary N) is 2. The van der Waals surface area contributed by atoms with Crippen molar-refractivity contribution in [1.29, 1.82) is 0 Å². The molecule has 0 spiro atoms. The fourth-order valence-corrected chi connectivity index (χ4v) is 3.59. The molecule has 2 aliphatic heterocycles. The molecule has 2 aliphatic rings. The van der Waals surface area contributed by atoms with Crippen molar-refractivity contribution in [3.8, 4) is 0 Å². The first-order chi connectivity index (χ1) is 13.6. The Labute approximate surface area is 157 Å². The number of carbonyl (C=O) groups is 3. The van der Waals surface area contributed by atoms with Gasteiger partial charge in [-0.25, -0.2) is 14.0 Å². The van der Waals surface area contributed by atoms with E-state index in [9.17, 15) is 28.9 Å². The predicted octanol–water partition coefficient (Wildman–Crippen LogP) is -1.00. The van der Waals surface area contributed by atoms with Gasteiger partial charge in [0.05, 0.1) is 13.0 Å². The zero-order valence-electron chi connectivity index (χ0n) is 16.9. The molecule has 1 saturated heterocycles. The van der Waals surface area contributed by atoms with Gasteiger partial charge in [-0.1, -0.05) is 0 Å². The molecule has 1 unspecified atom stereocenters. The fraction of sp³-hybridized carbons (Fsp3) is 0.643. The summed E-state index contributed by atoms with van der Waals surface area (Å²) in [5, 5.41) is 22.7. The molecule has 0 aliphatic carbocycles. The molecule has 152 valence electrons. The minimum atomic E-state index is -4.75. The second kappa shape index (κ2) is 7.74. The number of ether oxygens (including phenoxy) is 1. The van der Waals surface area contributed by atoms with Crippen LogP contribution in [0.25, 0.3) is 0 Å². The summed E-state index contributed by atoms with van der Waals surface area (Å²) in [6.07, 6.45) is -6.03. The zero-order valence-corrected chi connectivity index (χ0v) is 14.8. The average Bonchev–Trinajstić information content (AvgIpc) is 2.84. The van der Waals surface area contributed by atoms with Crippen molar-refractivity contribution in [1.82, 2.24) is 10.4 Å². The maximum Gasteiger partial charge on any atom is 0.403 e. The van der Waals surface area contributed by atoms with Crippen LogP contribution in [0.15, 0.2) is 11.6 Å². The van der Waals surface area contributed by atoms with E-state index in [0.29, 0.717) is 0 Å². The first-order valence-corrected chi connectivity index (χ1v) is 9.21. The number of hydrogen-bond acceptors (Lipinski definition) is 7. The summed E-state index contributed by atoms with van der Waals surface area (Å²) in [4.78, 5) is 43.5. The highest BCUT2D eigenvalue weighted by Gasteiger charge is 2.56. The lowest BCUT2D eigenvalue weighted by Gasteiger charge is -2.26. The largest absolute Gasteiger partial charge is 0.480 e. The zero-order chi connectivity index (χ0) is 23.1. The van der Waals surface area contributed by atoms with E-state index in [2.05, 4.69) is 4.52 Å². The molecule has 11 nitrogen and oxygen atoms in total. The van der Waals surface area contributed by atoms with Gasteiger partial charge in [0.25, 0.3) is 5.91 Å². The smallest absolute Gasteiger partial charge is 0.403 e. The highest BCUT2D eigenvalue weighted by atomic mass is 31.2. The van der Waals surface area contributed by atoms with Crippen molar-refractivity contribution in [3.05, 3.63) is 11.6 Å². The average molecular weight is 414 g/mol. The molecule has 0 saturated carbocycles. The molecule has 0 aromatic rings.